The number of Topliss-reactive ketones (excluding diaryl/α,β-unsaturated/α-hetero) is 1. The maximum Gasteiger partial charge on any atom is 0.303 e. The second kappa shape index (κ2) is 9.34. The first-order valence-corrected chi connectivity index (χ1v) is 9.66. The van der Waals surface area contributed by atoms with Crippen LogP contribution in [0.4, 0.5) is 0 Å². The number of nitrogens with zero attached hydrogens (tertiary/aromatic N) is 1. The number of amides is 1. The summed E-state index contributed by atoms with van der Waals surface area (Å²) in [6.07, 6.45) is 0.0118. The van der Waals surface area contributed by atoms with E-state index < -0.39 is 23.7 Å². The quantitative estimate of drug-likeness (QED) is 0.380. The molecule has 3 rings (SSSR count). The molecular formula is C23H23NO7. The number of carbonyl (C=O) groups excluding carboxylic acids is 2. The van der Waals surface area contributed by atoms with Gasteiger partial charge in [-0.05, 0) is 24.1 Å². The lowest BCUT2D eigenvalue weighted by molar-refractivity contribution is -0.140. The van der Waals surface area contributed by atoms with Gasteiger partial charge < -0.3 is 24.6 Å². The van der Waals surface area contributed by atoms with E-state index in [9.17, 15) is 19.5 Å². The van der Waals surface area contributed by atoms with E-state index in [0.29, 0.717) is 22.6 Å². The van der Waals surface area contributed by atoms with Crippen molar-refractivity contribution in [2.24, 2.45) is 0 Å². The van der Waals surface area contributed by atoms with Gasteiger partial charge in [0.25, 0.3) is 11.7 Å². The Morgan fingerprint density at radius 1 is 1.00 bits per heavy atom. The Bertz CT molecular complexity index is 1030. The van der Waals surface area contributed by atoms with Gasteiger partial charge in [0.1, 0.15) is 5.76 Å². The van der Waals surface area contributed by atoms with Gasteiger partial charge in [-0.3, -0.25) is 14.4 Å². The van der Waals surface area contributed by atoms with Crippen molar-refractivity contribution in [3.63, 3.8) is 0 Å². The molecule has 1 aliphatic rings. The molecule has 0 aliphatic carbocycles. The molecule has 0 saturated carbocycles. The molecule has 0 unspecified atom stereocenters. The smallest absolute Gasteiger partial charge is 0.303 e. The predicted octanol–water partition coefficient (Wildman–Crippen LogP) is 2.99. The summed E-state index contributed by atoms with van der Waals surface area (Å²) in [4.78, 5) is 37.9. The van der Waals surface area contributed by atoms with E-state index in [1.54, 1.807) is 48.5 Å². The van der Waals surface area contributed by atoms with Gasteiger partial charge in [-0.25, -0.2) is 0 Å². The number of methoxy groups -OCH3 is 2. The van der Waals surface area contributed by atoms with Crippen molar-refractivity contribution < 1.29 is 34.1 Å². The number of hydrogen-bond acceptors (Lipinski definition) is 6. The highest BCUT2D eigenvalue weighted by molar-refractivity contribution is 6.46. The zero-order valence-electron chi connectivity index (χ0n) is 17.2. The van der Waals surface area contributed by atoms with Crippen LogP contribution in [0.1, 0.15) is 30.0 Å². The highest BCUT2D eigenvalue weighted by Gasteiger charge is 2.46. The minimum atomic E-state index is -0.997. The number of ketones is 1. The number of ether oxygens (including phenoxy) is 2. The number of likely N-dealkylation sites (tertiary alicyclic amines) is 1. The standard InChI is InChI=1S/C23H23NO7/c1-30-16-11-10-15(13-17(16)31-2)20-19(21(27)14-7-4-3-5-8-14)22(28)23(29)24(20)12-6-9-18(25)26/h3-5,7-8,10-11,13,20,27H,6,9,12H2,1-2H3,(H,25,26)/t20-/m0/s1. The Balaban J connectivity index is 2.14. The van der Waals surface area contributed by atoms with Crippen molar-refractivity contribution in [3.8, 4) is 11.5 Å². The van der Waals surface area contributed by atoms with Crippen LogP contribution in [0.3, 0.4) is 0 Å². The number of carbonyl (C=O) groups is 3. The molecule has 2 aromatic carbocycles. The number of benzene rings is 2. The molecule has 0 spiro atoms. The lowest BCUT2D eigenvalue weighted by Crippen LogP contribution is -2.31. The summed E-state index contributed by atoms with van der Waals surface area (Å²) in [6.45, 7) is 0.0431. The molecule has 1 saturated heterocycles. The van der Waals surface area contributed by atoms with Gasteiger partial charge in [-0.1, -0.05) is 36.4 Å². The second-order valence-electron chi connectivity index (χ2n) is 6.97. The van der Waals surface area contributed by atoms with E-state index in [4.69, 9.17) is 14.6 Å². The Labute approximate surface area is 179 Å². The van der Waals surface area contributed by atoms with E-state index >= 15 is 0 Å². The lowest BCUT2D eigenvalue weighted by atomic mass is 9.95. The summed E-state index contributed by atoms with van der Waals surface area (Å²) >= 11 is 0. The van der Waals surface area contributed by atoms with Gasteiger partial charge in [0, 0.05) is 18.5 Å². The van der Waals surface area contributed by atoms with Gasteiger partial charge in [-0.2, -0.15) is 0 Å². The van der Waals surface area contributed by atoms with Crippen molar-refractivity contribution >= 4 is 23.4 Å². The molecule has 8 nitrogen and oxygen atoms in total. The third-order valence-corrected chi connectivity index (χ3v) is 5.10. The molecule has 0 radical (unpaired) electrons. The SMILES string of the molecule is COc1ccc([C@H]2C(=C(O)c3ccccc3)C(=O)C(=O)N2CCCC(=O)O)cc1OC. The predicted molar refractivity (Wildman–Crippen MR) is 112 cm³/mol. The average Bonchev–Trinajstić information content (AvgIpc) is 3.03. The van der Waals surface area contributed by atoms with E-state index in [2.05, 4.69) is 0 Å². The van der Waals surface area contributed by atoms with Crippen LogP contribution in [0, 0.1) is 0 Å². The molecule has 1 heterocycles. The van der Waals surface area contributed by atoms with Crippen molar-refractivity contribution in [3.05, 3.63) is 65.2 Å². The minimum Gasteiger partial charge on any atom is -0.507 e. The number of hydrogen-bond donors (Lipinski definition) is 2. The van der Waals surface area contributed by atoms with Crippen molar-refractivity contribution in [1.29, 1.82) is 0 Å². The number of aliphatic hydroxyl groups excluding tert-OH is 1. The van der Waals surface area contributed by atoms with Crippen LogP contribution in [0.15, 0.2) is 54.1 Å². The molecule has 1 aliphatic heterocycles. The molecule has 162 valence electrons. The summed E-state index contributed by atoms with van der Waals surface area (Å²) in [6, 6.07) is 12.5. The number of aliphatic hydroxyl groups is 1. The molecular weight excluding hydrogens is 402 g/mol. The van der Waals surface area contributed by atoms with Crippen LogP contribution in [-0.4, -0.2) is 53.5 Å². The normalized spacial score (nSPS) is 17.6. The first-order chi connectivity index (χ1) is 14.9. The summed E-state index contributed by atoms with van der Waals surface area (Å²) < 4.78 is 10.6. The Kier molecular flexibility index (Phi) is 6.59. The van der Waals surface area contributed by atoms with E-state index in [1.165, 1.54) is 19.1 Å². The van der Waals surface area contributed by atoms with Crippen LogP contribution in [0.5, 0.6) is 11.5 Å². The summed E-state index contributed by atoms with van der Waals surface area (Å²) in [5.74, 6) is -2.03. The maximum absolute atomic E-state index is 12.9. The van der Waals surface area contributed by atoms with E-state index in [0.717, 1.165) is 0 Å². The molecule has 0 bridgehead atoms. The number of aliphatic carboxylic acids is 1. The third-order valence-electron chi connectivity index (χ3n) is 5.10. The third kappa shape index (κ3) is 4.37. The van der Waals surface area contributed by atoms with Crippen LogP contribution in [0.25, 0.3) is 5.76 Å². The van der Waals surface area contributed by atoms with Gasteiger partial charge in [-0.15, -0.1) is 0 Å². The summed E-state index contributed by atoms with van der Waals surface area (Å²) in [7, 11) is 2.96. The number of carboxylic acid groups (broad SMARTS) is 1. The molecule has 1 atom stereocenters. The average molecular weight is 425 g/mol. The lowest BCUT2D eigenvalue weighted by Gasteiger charge is -2.25. The fourth-order valence-corrected chi connectivity index (χ4v) is 3.63. The second-order valence-corrected chi connectivity index (χ2v) is 6.97. The largest absolute Gasteiger partial charge is 0.507 e. The summed E-state index contributed by atoms with van der Waals surface area (Å²) in [5, 5.41) is 19.9. The van der Waals surface area contributed by atoms with Crippen LogP contribution in [0.2, 0.25) is 0 Å². The van der Waals surface area contributed by atoms with Crippen LogP contribution < -0.4 is 9.47 Å². The molecule has 2 aromatic rings. The first kappa shape index (κ1) is 21.9. The van der Waals surface area contributed by atoms with Crippen molar-refractivity contribution in [2.75, 3.05) is 20.8 Å². The van der Waals surface area contributed by atoms with Crippen molar-refractivity contribution in [2.45, 2.75) is 18.9 Å². The highest BCUT2D eigenvalue weighted by atomic mass is 16.5. The monoisotopic (exact) mass is 425 g/mol. The number of rotatable bonds is 8. The fraction of sp³-hybridized carbons (Fsp3) is 0.261. The minimum absolute atomic E-state index is 0.0431. The molecule has 1 amide bonds. The zero-order valence-corrected chi connectivity index (χ0v) is 17.2. The highest BCUT2D eigenvalue weighted by Crippen LogP contribution is 2.42. The fourth-order valence-electron chi connectivity index (χ4n) is 3.63. The first-order valence-electron chi connectivity index (χ1n) is 9.66. The molecule has 8 heteroatoms. The number of carboxylic acids is 1. The maximum atomic E-state index is 12.9. The topological polar surface area (TPSA) is 113 Å². The van der Waals surface area contributed by atoms with E-state index in [-0.39, 0.29) is 30.7 Å². The Hall–Kier alpha value is -3.81. The molecule has 1 fully saturated rings. The van der Waals surface area contributed by atoms with Gasteiger partial charge in [0.05, 0.1) is 25.8 Å². The summed E-state index contributed by atoms with van der Waals surface area (Å²) in [5.41, 5.74) is 0.875. The van der Waals surface area contributed by atoms with Gasteiger partial charge in [0.15, 0.2) is 11.5 Å². The molecule has 2 N–H and O–H groups in total. The van der Waals surface area contributed by atoms with Gasteiger partial charge in [0.2, 0.25) is 0 Å². The molecule has 31 heavy (non-hydrogen) atoms. The zero-order chi connectivity index (χ0) is 22.5. The van der Waals surface area contributed by atoms with Crippen LogP contribution >= 0.6 is 0 Å². The Morgan fingerprint density at radius 3 is 2.29 bits per heavy atom. The van der Waals surface area contributed by atoms with E-state index in [1.807, 2.05) is 0 Å². The van der Waals surface area contributed by atoms with Crippen molar-refractivity contribution in [1.82, 2.24) is 4.90 Å². The van der Waals surface area contributed by atoms with Gasteiger partial charge >= 0.3 is 5.97 Å². The molecule has 0 aromatic heterocycles. The van der Waals surface area contributed by atoms with Crippen LogP contribution in [-0.2, 0) is 14.4 Å². The Morgan fingerprint density at radius 2 is 1.68 bits per heavy atom.